The molecule has 0 aromatic heterocycles. The van der Waals surface area contributed by atoms with E-state index in [0.29, 0.717) is 6.07 Å². The van der Waals surface area contributed by atoms with Gasteiger partial charge in [-0.1, -0.05) is 17.7 Å². The van der Waals surface area contributed by atoms with Gasteiger partial charge in [0, 0.05) is 5.02 Å². The summed E-state index contributed by atoms with van der Waals surface area (Å²) < 4.78 is 72.1. The van der Waals surface area contributed by atoms with Crippen LogP contribution < -0.4 is 10.1 Å². The van der Waals surface area contributed by atoms with Gasteiger partial charge in [-0.2, -0.15) is 22.0 Å². The van der Waals surface area contributed by atoms with Crippen LogP contribution in [0.2, 0.25) is 5.02 Å². The average Bonchev–Trinajstić information content (AvgIpc) is 2.60. The zero-order chi connectivity index (χ0) is 20.9. The van der Waals surface area contributed by atoms with Crippen LogP contribution in [0.25, 0.3) is 0 Å². The molecule has 0 bridgehead atoms. The number of benzene rings is 2. The maximum atomic E-state index is 13.0. The fraction of sp³-hybridized carbons (Fsp3) is 0.176. The van der Waals surface area contributed by atoms with E-state index in [-0.39, 0.29) is 16.3 Å². The molecular formula is C17H11ClF5NO4. The van der Waals surface area contributed by atoms with Gasteiger partial charge in [-0.15, -0.1) is 0 Å². The van der Waals surface area contributed by atoms with Crippen LogP contribution >= 0.6 is 11.6 Å². The average molecular weight is 424 g/mol. The molecule has 2 aromatic rings. The summed E-state index contributed by atoms with van der Waals surface area (Å²) in [6, 6.07) is 7.35. The first kappa shape index (κ1) is 21.4. The maximum absolute atomic E-state index is 13.0. The van der Waals surface area contributed by atoms with Gasteiger partial charge in [-0.05, 0) is 36.4 Å². The van der Waals surface area contributed by atoms with Crippen molar-refractivity contribution >= 4 is 29.2 Å². The normalized spacial score (nSPS) is 11.2. The summed E-state index contributed by atoms with van der Waals surface area (Å²) in [6.07, 6.45) is -4.77. The van der Waals surface area contributed by atoms with Crippen LogP contribution in [0.4, 0.5) is 27.6 Å². The van der Waals surface area contributed by atoms with Crippen LogP contribution in [0.3, 0.4) is 0 Å². The summed E-state index contributed by atoms with van der Waals surface area (Å²) in [5, 5.41) is 1.79. The van der Waals surface area contributed by atoms with Crippen LogP contribution in [0.1, 0.15) is 15.9 Å². The van der Waals surface area contributed by atoms with E-state index in [2.05, 4.69) is 9.47 Å². The predicted octanol–water partition coefficient (Wildman–Crippen LogP) is 4.76. The van der Waals surface area contributed by atoms with Gasteiger partial charge in [0.1, 0.15) is 5.75 Å². The van der Waals surface area contributed by atoms with Crippen molar-refractivity contribution in [1.82, 2.24) is 0 Å². The van der Waals surface area contributed by atoms with Crippen molar-refractivity contribution in [3.05, 3.63) is 58.6 Å². The number of carbonyl (C=O) groups excluding carboxylic acids is 2. The summed E-state index contributed by atoms with van der Waals surface area (Å²) in [5.41, 5.74) is -1.92. The van der Waals surface area contributed by atoms with Crippen molar-refractivity contribution in [3.8, 4) is 5.75 Å². The van der Waals surface area contributed by atoms with E-state index in [1.807, 2.05) is 5.32 Å². The monoisotopic (exact) mass is 423 g/mol. The number of esters is 1. The Morgan fingerprint density at radius 3 is 2.46 bits per heavy atom. The van der Waals surface area contributed by atoms with E-state index in [1.54, 1.807) is 0 Å². The zero-order valence-corrected chi connectivity index (χ0v) is 14.5. The van der Waals surface area contributed by atoms with Crippen molar-refractivity contribution in [1.29, 1.82) is 0 Å². The number of carbonyl (C=O) groups is 2. The van der Waals surface area contributed by atoms with E-state index in [9.17, 15) is 31.5 Å². The third kappa shape index (κ3) is 6.08. The van der Waals surface area contributed by atoms with Crippen LogP contribution in [0.5, 0.6) is 5.75 Å². The highest BCUT2D eigenvalue weighted by molar-refractivity contribution is 6.30. The van der Waals surface area contributed by atoms with Crippen LogP contribution in [-0.4, -0.2) is 25.1 Å². The Labute approximate surface area is 160 Å². The third-order valence-electron chi connectivity index (χ3n) is 3.19. The van der Waals surface area contributed by atoms with Crippen molar-refractivity contribution in [2.45, 2.75) is 12.8 Å². The zero-order valence-electron chi connectivity index (χ0n) is 13.7. The molecule has 0 aliphatic carbocycles. The van der Waals surface area contributed by atoms with Gasteiger partial charge in [0.15, 0.2) is 6.61 Å². The number of hydrogen-bond acceptors (Lipinski definition) is 4. The SMILES string of the molecule is O=C(COC(=O)c1cccc(OC(F)F)c1)Nc1ccc(Cl)cc1C(F)(F)F. The molecule has 0 fully saturated rings. The van der Waals surface area contributed by atoms with Gasteiger partial charge in [-0.25, -0.2) is 4.79 Å². The molecule has 0 spiro atoms. The van der Waals surface area contributed by atoms with Gasteiger partial charge in [0.2, 0.25) is 0 Å². The van der Waals surface area contributed by atoms with E-state index in [4.69, 9.17) is 11.6 Å². The van der Waals surface area contributed by atoms with Gasteiger partial charge in [0.25, 0.3) is 5.91 Å². The van der Waals surface area contributed by atoms with E-state index in [0.717, 1.165) is 18.2 Å². The smallest absolute Gasteiger partial charge is 0.418 e. The molecule has 2 aromatic carbocycles. The first-order valence-corrected chi connectivity index (χ1v) is 7.82. The third-order valence-corrected chi connectivity index (χ3v) is 3.43. The van der Waals surface area contributed by atoms with E-state index < -0.39 is 42.5 Å². The molecule has 0 unspecified atom stereocenters. The Balaban J connectivity index is 2.01. The lowest BCUT2D eigenvalue weighted by atomic mass is 10.1. The molecular weight excluding hydrogens is 413 g/mol. The highest BCUT2D eigenvalue weighted by atomic mass is 35.5. The fourth-order valence-electron chi connectivity index (χ4n) is 2.06. The lowest BCUT2D eigenvalue weighted by Crippen LogP contribution is -2.22. The summed E-state index contributed by atoms with van der Waals surface area (Å²) in [5.74, 6) is -2.40. The molecule has 0 saturated heterocycles. The molecule has 0 atom stereocenters. The first-order valence-electron chi connectivity index (χ1n) is 7.45. The first-order chi connectivity index (χ1) is 13.1. The number of amides is 1. The second-order valence-corrected chi connectivity index (χ2v) is 5.65. The lowest BCUT2D eigenvalue weighted by molar-refractivity contribution is -0.137. The Morgan fingerprint density at radius 2 is 1.82 bits per heavy atom. The predicted molar refractivity (Wildman–Crippen MR) is 88.4 cm³/mol. The number of halogens is 6. The minimum atomic E-state index is -4.77. The molecule has 1 amide bonds. The molecule has 0 radical (unpaired) electrons. The molecule has 150 valence electrons. The fourth-order valence-corrected chi connectivity index (χ4v) is 2.23. The number of ether oxygens (including phenoxy) is 2. The Bertz CT molecular complexity index is 873. The van der Waals surface area contributed by atoms with Crippen LogP contribution in [0, 0.1) is 0 Å². The molecule has 0 saturated carbocycles. The van der Waals surface area contributed by atoms with Crippen molar-refractivity contribution in [2.24, 2.45) is 0 Å². The van der Waals surface area contributed by atoms with Gasteiger partial charge in [-0.3, -0.25) is 4.79 Å². The lowest BCUT2D eigenvalue weighted by Gasteiger charge is -2.14. The maximum Gasteiger partial charge on any atom is 0.418 e. The van der Waals surface area contributed by atoms with Crippen molar-refractivity contribution < 1.29 is 41.0 Å². The van der Waals surface area contributed by atoms with Gasteiger partial charge < -0.3 is 14.8 Å². The highest BCUT2D eigenvalue weighted by Gasteiger charge is 2.34. The van der Waals surface area contributed by atoms with Gasteiger partial charge in [0.05, 0.1) is 16.8 Å². The minimum Gasteiger partial charge on any atom is -0.452 e. The van der Waals surface area contributed by atoms with Crippen molar-refractivity contribution in [3.63, 3.8) is 0 Å². The second kappa shape index (κ2) is 8.87. The summed E-state index contributed by atoms with van der Waals surface area (Å²) in [7, 11) is 0. The second-order valence-electron chi connectivity index (χ2n) is 5.22. The number of nitrogens with one attached hydrogen (secondary N) is 1. The molecule has 0 aliphatic heterocycles. The molecule has 0 heterocycles. The minimum absolute atomic E-state index is 0.178. The molecule has 5 nitrogen and oxygen atoms in total. The Kier molecular flexibility index (Phi) is 6.79. The highest BCUT2D eigenvalue weighted by Crippen LogP contribution is 2.36. The molecule has 11 heteroatoms. The standard InChI is InChI=1S/C17H11ClF5NO4/c18-10-4-5-13(12(7-10)17(21,22)23)24-14(25)8-27-15(26)9-2-1-3-11(6-9)28-16(19)20/h1-7,16H,8H2,(H,24,25). The van der Waals surface area contributed by atoms with Gasteiger partial charge >= 0.3 is 18.8 Å². The number of alkyl halides is 5. The van der Waals surface area contributed by atoms with Crippen LogP contribution in [-0.2, 0) is 15.7 Å². The quantitative estimate of drug-likeness (QED) is 0.537. The Hall–Kier alpha value is -2.88. The van der Waals surface area contributed by atoms with Crippen molar-refractivity contribution in [2.75, 3.05) is 11.9 Å². The number of anilines is 1. The van der Waals surface area contributed by atoms with E-state index >= 15 is 0 Å². The molecule has 28 heavy (non-hydrogen) atoms. The number of rotatable bonds is 6. The number of hydrogen-bond donors (Lipinski definition) is 1. The topological polar surface area (TPSA) is 64.6 Å². The molecule has 0 aliphatic rings. The molecule has 2 rings (SSSR count). The van der Waals surface area contributed by atoms with Crippen LogP contribution in [0.15, 0.2) is 42.5 Å². The molecule has 1 N–H and O–H groups in total. The largest absolute Gasteiger partial charge is 0.452 e. The summed E-state index contributed by atoms with van der Waals surface area (Å²) in [4.78, 5) is 23.7. The Morgan fingerprint density at radius 1 is 1.11 bits per heavy atom. The summed E-state index contributed by atoms with van der Waals surface area (Å²) >= 11 is 5.53. The van der Waals surface area contributed by atoms with E-state index in [1.165, 1.54) is 18.2 Å². The summed E-state index contributed by atoms with van der Waals surface area (Å²) in [6.45, 7) is -4.00.